The van der Waals surface area contributed by atoms with E-state index in [-0.39, 0.29) is 11.9 Å². The summed E-state index contributed by atoms with van der Waals surface area (Å²) < 4.78 is 3.81. The normalized spacial score (nSPS) is 19.0. The van der Waals surface area contributed by atoms with Gasteiger partial charge in [-0.05, 0) is 25.5 Å². The molecule has 0 aromatic carbocycles. The number of rotatable bonds is 4. The summed E-state index contributed by atoms with van der Waals surface area (Å²) in [6.45, 7) is 2.69. The first-order valence-corrected chi connectivity index (χ1v) is 8.12. The first-order chi connectivity index (χ1) is 11.1. The molecule has 1 fully saturated rings. The molecule has 0 aliphatic carbocycles. The van der Waals surface area contributed by atoms with E-state index in [0.717, 1.165) is 38.3 Å². The van der Waals surface area contributed by atoms with Crippen LogP contribution in [0.5, 0.6) is 0 Å². The lowest BCUT2D eigenvalue weighted by Crippen LogP contribution is -2.37. The molecule has 1 aliphatic heterocycles. The summed E-state index contributed by atoms with van der Waals surface area (Å²) in [7, 11) is 3.54. The summed E-state index contributed by atoms with van der Waals surface area (Å²) in [6, 6.07) is 2.04. The molecule has 2 aromatic heterocycles. The Bertz CT molecular complexity index is 694. The smallest absolute Gasteiger partial charge is 0.271 e. The molecular weight excluding hydrogens is 316 g/mol. The molecule has 1 aliphatic rings. The number of carbonyl (C=O) groups is 1. The zero-order valence-electron chi connectivity index (χ0n) is 13.4. The van der Waals surface area contributed by atoms with Crippen molar-refractivity contribution in [2.24, 2.45) is 7.05 Å². The van der Waals surface area contributed by atoms with Gasteiger partial charge in [0.25, 0.3) is 5.91 Å². The van der Waals surface area contributed by atoms with Gasteiger partial charge < -0.3 is 9.88 Å². The quantitative estimate of drug-likeness (QED) is 0.918. The Morgan fingerprint density at radius 3 is 3.04 bits per heavy atom. The number of likely N-dealkylation sites (tertiary alicyclic amines) is 1. The third-order valence-electron chi connectivity index (χ3n) is 4.32. The molecule has 1 N–H and O–H groups in total. The second-order valence-corrected chi connectivity index (χ2v) is 6.23. The van der Waals surface area contributed by atoms with Crippen LogP contribution in [-0.4, -0.2) is 50.3 Å². The number of aromatic nitrogens is 4. The lowest BCUT2D eigenvalue weighted by molar-refractivity contribution is 0.0955. The molecule has 124 valence electrons. The molecule has 23 heavy (non-hydrogen) atoms. The third kappa shape index (κ3) is 3.40. The Balaban J connectivity index is 1.67. The largest absolute Gasteiger partial charge is 0.354 e. The van der Waals surface area contributed by atoms with E-state index in [0.29, 0.717) is 10.8 Å². The van der Waals surface area contributed by atoms with Gasteiger partial charge in [0.1, 0.15) is 16.7 Å². The SMILES string of the molecule is CNC(=O)c1ccn([C@H]2CCCN(Cc3ncc(Cl)n3C)C2)n1. The minimum Gasteiger partial charge on any atom is -0.354 e. The van der Waals surface area contributed by atoms with Crippen molar-refractivity contribution in [1.29, 1.82) is 0 Å². The van der Waals surface area contributed by atoms with Crippen LogP contribution in [0, 0.1) is 0 Å². The summed E-state index contributed by atoms with van der Waals surface area (Å²) in [6.07, 6.45) is 5.72. The minimum atomic E-state index is -0.154. The minimum absolute atomic E-state index is 0.154. The maximum absolute atomic E-state index is 11.6. The summed E-state index contributed by atoms with van der Waals surface area (Å²) in [4.78, 5) is 18.3. The van der Waals surface area contributed by atoms with Gasteiger partial charge in [-0.25, -0.2) is 4.98 Å². The van der Waals surface area contributed by atoms with Crippen LogP contribution in [0.25, 0.3) is 0 Å². The Morgan fingerprint density at radius 1 is 1.52 bits per heavy atom. The van der Waals surface area contributed by atoms with Crippen LogP contribution in [0.15, 0.2) is 18.5 Å². The number of piperidine rings is 1. The number of carbonyl (C=O) groups excluding carboxylic acids is 1. The maximum atomic E-state index is 11.6. The molecule has 1 saturated heterocycles. The number of halogens is 1. The fourth-order valence-corrected chi connectivity index (χ4v) is 3.10. The molecule has 0 unspecified atom stereocenters. The van der Waals surface area contributed by atoms with Crippen molar-refractivity contribution in [3.05, 3.63) is 35.1 Å². The molecule has 0 bridgehead atoms. The second kappa shape index (κ2) is 6.72. The summed E-state index contributed by atoms with van der Waals surface area (Å²) >= 11 is 6.05. The number of nitrogens with one attached hydrogen (secondary N) is 1. The van der Waals surface area contributed by atoms with Crippen molar-refractivity contribution in [3.8, 4) is 0 Å². The predicted molar refractivity (Wildman–Crippen MR) is 87.4 cm³/mol. The first kappa shape index (κ1) is 16.0. The van der Waals surface area contributed by atoms with Crippen LogP contribution in [0.3, 0.4) is 0 Å². The molecule has 0 spiro atoms. The molecule has 0 saturated carbocycles. The monoisotopic (exact) mass is 336 g/mol. The molecule has 1 atom stereocenters. The molecule has 7 nitrogen and oxygen atoms in total. The Kier molecular flexibility index (Phi) is 4.68. The van der Waals surface area contributed by atoms with Gasteiger partial charge in [-0.2, -0.15) is 5.10 Å². The van der Waals surface area contributed by atoms with Gasteiger partial charge in [-0.3, -0.25) is 14.4 Å². The highest BCUT2D eigenvalue weighted by molar-refractivity contribution is 6.29. The lowest BCUT2D eigenvalue weighted by atomic mass is 10.1. The highest BCUT2D eigenvalue weighted by atomic mass is 35.5. The van der Waals surface area contributed by atoms with Crippen LogP contribution in [-0.2, 0) is 13.6 Å². The summed E-state index contributed by atoms with van der Waals surface area (Å²) in [5.74, 6) is 0.807. The van der Waals surface area contributed by atoms with E-state index < -0.39 is 0 Å². The fraction of sp³-hybridized carbons (Fsp3) is 0.533. The number of amides is 1. The number of imidazole rings is 1. The van der Waals surface area contributed by atoms with Gasteiger partial charge in [-0.15, -0.1) is 0 Å². The van der Waals surface area contributed by atoms with Gasteiger partial charge in [-0.1, -0.05) is 11.6 Å². The van der Waals surface area contributed by atoms with Crippen molar-refractivity contribution in [3.63, 3.8) is 0 Å². The van der Waals surface area contributed by atoms with Crippen LogP contribution in [0.1, 0.15) is 35.2 Å². The predicted octanol–water partition coefficient (Wildman–Crippen LogP) is 1.47. The van der Waals surface area contributed by atoms with E-state index in [1.54, 1.807) is 19.3 Å². The average molecular weight is 337 g/mol. The van der Waals surface area contributed by atoms with E-state index >= 15 is 0 Å². The Labute approximate surface area is 140 Å². The Morgan fingerprint density at radius 2 is 2.35 bits per heavy atom. The van der Waals surface area contributed by atoms with Crippen LogP contribution in [0.2, 0.25) is 5.15 Å². The van der Waals surface area contributed by atoms with Crippen molar-refractivity contribution in [1.82, 2.24) is 29.5 Å². The van der Waals surface area contributed by atoms with Gasteiger partial charge in [0.05, 0.1) is 18.8 Å². The van der Waals surface area contributed by atoms with E-state index in [1.165, 1.54) is 0 Å². The molecular formula is C15H21ClN6O. The van der Waals surface area contributed by atoms with Crippen LogP contribution in [0.4, 0.5) is 0 Å². The number of nitrogens with zero attached hydrogens (tertiary/aromatic N) is 5. The maximum Gasteiger partial charge on any atom is 0.271 e. The number of hydrogen-bond acceptors (Lipinski definition) is 4. The van der Waals surface area contributed by atoms with E-state index in [1.807, 2.05) is 22.5 Å². The van der Waals surface area contributed by atoms with E-state index in [9.17, 15) is 4.79 Å². The van der Waals surface area contributed by atoms with Crippen molar-refractivity contribution >= 4 is 17.5 Å². The number of hydrogen-bond donors (Lipinski definition) is 1. The van der Waals surface area contributed by atoms with Crippen LogP contribution >= 0.6 is 11.6 Å². The first-order valence-electron chi connectivity index (χ1n) is 7.74. The van der Waals surface area contributed by atoms with Crippen molar-refractivity contribution in [2.45, 2.75) is 25.4 Å². The van der Waals surface area contributed by atoms with Gasteiger partial charge in [0.15, 0.2) is 0 Å². The van der Waals surface area contributed by atoms with Crippen molar-refractivity contribution < 1.29 is 4.79 Å². The molecule has 8 heteroatoms. The molecule has 1 amide bonds. The molecule has 3 rings (SSSR count). The summed E-state index contributed by atoms with van der Waals surface area (Å²) in [5, 5.41) is 7.65. The second-order valence-electron chi connectivity index (χ2n) is 5.85. The van der Waals surface area contributed by atoms with Crippen molar-refractivity contribution in [2.75, 3.05) is 20.1 Å². The third-order valence-corrected chi connectivity index (χ3v) is 4.67. The van der Waals surface area contributed by atoms with Crippen LogP contribution < -0.4 is 5.32 Å². The zero-order valence-corrected chi connectivity index (χ0v) is 14.1. The highest BCUT2D eigenvalue weighted by Gasteiger charge is 2.23. The van der Waals surface area contributed by atoms with E-state index in [4.69, 9.17) is 11.6 Å². The highest BCUT2D eigenvalue weighted by Crippen LogP contribution is 2.23. The average Bonchev–Trinajstić information content (AvgIpc) is 3.17. The molecule has 3 heterocycles. The lowest BCUT2D eigenvalue weighted by Gasteiger charge is -2.32. The molecule has 0 radical (unpaired) electrons. The van der Waals surface area contributed by atoms with Gasteiger partial charge >= 0.3 is 0 Å². The Hall–Kier alpha value is -1.86. The topological polar surface area (TPSA) is 68.0 Å². The zero-order chi connectivity index (χ0) is 16.4. The molecule has 2 aromatic rings. The van der Waals surface area contributed by atoms with Gasteiger partial charge in [0.2, 0.25) is 0 Å². The summed E-state index contributed by atoms with van der Waals surface area (Å²) in [5.41, 5.74) is 0.459. The van der Waals surface area contributed by atoms with E-state index in [2.05, 4.69) is 20.3 Å². The fourth-order valence-electron chi connectivity index (χ4n) is 2.95. The van der Waals surface area contributed by atoms with Gasteiger partial charge in [0, 0.05) is 26.8 Å². The standard InChI is InChI=1S/C15H21ClN6O/c1-17-15(23)12-5-7-22(19-12)11-4-3-6-21(9-11)10-14-18-8-13(16)20(14)2/h5,7-8,11H,3-4,6,9-10H2,1-2H3,(H,17,23)/t11-/m0/s1.